The lowest BCUT2D eigenvalue weighted by atomic mass is 9.91. The average molecular weight is 357 g/mol. The first-order valence-corrected chi connectivity index (χ1v) is 8.62. The van der Waals surface area contributed by atoms with E-state index < -0.39 is 23.4 Å². The molecule has 0 fully saturated rings. The molecule has 2 N–H and O–H groups in total. The average Bonchev–Trinajstić information content (AvgIpc) is 2.27. The highest BCUT2D eigenvalue weighted by Crippen LogP contribution is 2.20. The van der Waals surface area contributed by atoms with E-state index in [1.165, 1.54) is 0 Å². The highest BCUT2D eigenvalue weighted by Gasteiger charge is 2.21. The van der Waals surface area contributed by atoms with Crippen LogP contribution in [0.4, 0.5) is 9.59 Å². The second-order valence-electron chi connectivity index (χ2n) is 9.15. The van der Waals surface area contributed by atoms with Crippen molar-refractivity contribution in [3.8, 4) is 0 Å². The van der Waals surface area contributed by atoms with E-state index in [0.29, 0.717) is 6.54 Å². The molecule has 0 radical (unpaired) electrons. The van der Waals surface area contributed by atoms with Gasteiger partial charge >= 0.3 is 12.2 Å². The number of carbonyl (C=O) groups excluding carboxylic acids is 2. The van der Waals surface area contributed by atoms with Crippen LogP contribution in [0, 0.1) is 5.41 Å². The number of alkyl carbamates (subject to hydrolysis) is 2. The second-order valence-corrected chi connectivity index (χ2v) is 9.15. The summed E-state index contributed by atoms with van der Waals surface area (Å²) < 4.78 is 10.4. The van der Waals surface area contributed by atoms with Gasteiger partial charge in [-0.05, 0) is 59.8 Å². The van der Waals surface area contributed by atoms with E-state index in [1.807, 2.05) is 0 Å². The van der Waals surface area contributed by atoms with Gasteiger partial charge in [0.1, 0.15) is 11.2 Å². The molecule has 0 aromatic carbocycles. The highest BCUT2D eigenvalue weighted by molar-refractivity contribution is 6.01. The third kappa shape index (κ3) is 15.5. The molecule has 7 heteroatoms. The summed E-state index contributed by atoms with van der Waals surface area (Å²) in [6, 6.07) is 0. The lowest BCUT2D eigenvalue weighted by Crippen LogP contribution is -2.47. The van der Waals surface area contributed by atoms with Crippen molar-refractivity contribution in [1.82, 2.24) is 10.6 Å². The zero-order valence-corrected chi connectivity index (χ0v) is 17.2. The van der Waals surface area contributed by atoms with E-state index in [1.54, 1.807) is 41.5 Å². The molecule has 0 saturated heterocycles. The Kier molecular flexibility index (Phi) is 8.41. The minimum atomic E-state index is -0.682. The largest absolute Gasteiger partial charge is 0.444 e. The minimum Gasteiger partial charge on any atom is -0.444 e. The van der Waals surface area contributed by atoms with Crippen LogP contribution in [0.2, 0.25) is 0 Å². The van der Waals surface area contributed by atoms with Crippen LogP contribution in [0.15, 0.2) is 4.99 Å². The van der Waals surface area contributed by atoms with Crippen LogP contribution in [-0.2, 0) is 9.47 Å². The third-order valence-electron chi connectivity index (χ3n) is 2.59. The Hall–Kier alpha value is -1.79. The molecule has 146 valence electrons. The zero-order chi connectivity index (χ0) is 19.9. The van der Waals surface area contributed by atoms with Crippen LogP contribution in [0.1, 0.15) is 75.2 Å². The summed E-state index contributed by atoms with van der Waals surface area (Å²) in [4.78, 5) is 28.1. The fraction of sp³-hybridized carbons (Fsp3) is 0.833. The molecule has 0 spiro atoms. The summed E-state index contributed by atoms with van der Waals surface area (Å²) in [5, 5.41) is 4.93. The van der Waals surface area contributed by atoms with Gasteiger partial charge in [-0.15, -0.1) is 0 Å². The number of nitrogens with zero attached hydrogens (tertiary/aromatic N) is 1. The summed E-state index contributed by atoms with van der Waals surface area (Å²) in [5.74, 6) is 0.0254. The van der Waals surface area contributed by atoms with Crippen molar-refractivity contribution >= 4 is 18.1 Å². The summed E-state index contributed by atoms with van der Waals surface area (Å²) in [6.45, 7) is 17.5. The van der Waals surface area contributed by atoms with Gasteiger partial charge in [0.25, 0.3) is 0 Å². The lowest BCUT2D eigenvalue weighted by molar-refractivity contribution is 0.0545. The third-order valence-corrected chi connectivity index (χ3v) is 2.59. The van der Waals surface area contributed by atoms with Gasteiger partial charge in [0.05, 0.1) is 0 Å². The van der Waals surface area contributed by atoms with Crippen LogP contribution < -0.4 is 10.6 Å². The molecular formula is C18H35N3O4. The topological polar surface area (TPSA) is 89.0 Å². The molecule has 0 bridgehead atoms. The molecule has 0 atom stereocenters. The lowest BCUT2D eigenvalue weighted by Gasteiger charge is -2.22. The number of guanidine groups is 1. The molecule has 0 aliphatic heterocycles. The van der Waals surface area contributed by atoms with Gasteiger partial charge in [-0.2, -0.15) is 0 Å². The monoisotopic (exact) mass is 357 g/mol. The molecule has 25 heavy (non-hydrogen) atoms. The Bertz CT molecular complexity index is 448. The standard InChI is InChI=1S/C18H35N3O4/c1-16(2,3)11-10-12-19-13(20-14(22)24-17(4,5)6)21-15(23)25-18(7,8)9/h10-12H2,1-9H3,(H2,19,20,21,22,23). The van der Waals surface area contributed by atoms with E-state index in [-0.39, 0.29) is 11.4 Å². The van der Waals surface area contributed by atoms with E-state index in [4.69, 9.17) is 9.47 Å². The number of rotatable bonds is 3. The molecular weight excluding hydrogens is 322 g/mol. The first-order valence-electron chi connectivity index (χ1n) is 8.62. The highest BCUT2D eigenvalue weighted by atomic mass is 16.6. The number of ether oxygens (including phenoxy) is 2. The molecule has 0 aliphatic carbocycles. The van der Waals surface area contributed by atoms with Gasteiger partial charge in [0.15, 0.2) is 0 Å². The molecule has 0 heterocycles. The van der Waals surface area contributed by atoms with Crippen molar-refractivity contribution in [2.24, 2.45) is 10.4 Å². The molecule has 0 aromatic heterocycles. The summed E-state index contributed by atoms with van der Waals surface area (Å²) in [5.41, 5.74) is -1.09. The molecule has 2 amide bonds. The molecule has 0 aromatic rings. The van der Waals surface area contributed by atoms with Crippen molar-refractivity contribution in [3.05, 3.63) is 0 Å². The predicted octanol–water partition coefficient (Wildman–Crippen LogP) is 4.22. The minimum absolute atomic E-state index is 0.0254. The number of hydrogen-bond donors (Lipinski definition) is 2. The van der Waals surface area contributed by atoms with E-state index in [0.717, 1.165) is 12.8 Å². The molecule has 0 aliphatic rings. The Morgan fingerprint density at radius 2 is 1.20 bits per heavy atom. The summed E-state index contributed by atoms with van der Waals surface area (Å²) in [7, 11) is 0. The quantitative estimate of drug-likeness (QED) is 0.450. The van der Waals surface area contributed by atoms with Crippen molar-refractivity contribution in [2.45, 2.75) is 86.4 Å². The van der Waals surface area contributed by atoms with Gasteiger partial charge in [-0.1, -0.05) is 20.8 Å². The molecule has 0 unspecified atom stereocenters. The van der Waals surface area contributed by atoms with Crippen LogP contribution in [0.25, 0.3) is 0 Å². The van der Waals surface area contributed by atoms with Crippen molar-refractivity contribution < 1.29 is 19.1 Å². The maximum absolute atomic E-state index is 11.9. The van der Waals surface area contributed by atoms with Gasteiger partial charge in [0.2, 0.25) is 5.96 Å². The summed E-state index contributed by atoms with van der Waals surface area (Å²) >= 11 is 0. The number of nitrogens with one attached hydrogen (secondary N) is 2. The first-order chi connectivity index (χ1) is 11.1. The predicted molar refractivity (Wildman–Crippen MR) is 99.7 cm³/mol. The zero-order valence-electron chi connectivity index (χ0n) is 17.2. The number of aliphatic imine (C=N–C) groups is 1. The van der Waals surface area contributed by atoms with Gasteiger partial charge in [-0.25, -0.2) is 9.59 Å². The Labute approximate surface area is 151 Å². The Morgan fingerprint density at radius 3 is 1.52 bits per heavy atom. The van der Waals surface area contributed by atoms with Crippen LogP contribution in [-0.4, -0.2) is 35.9 Å². The molecule has 0 saturated carbocycles. The van der Waals surface area contributed by atoms with Crippen LogP contribution in [0.5, 0.6) is 0 Å². The van der Waals surface area contributed by atoms with Gasteiger partial charge in [-0.3, -0.25) is 15.6 Å². The van der Waals surface area contributed by atoms with E-state index in [9.17, 15) is 9.59 Å². The normalized spacial score (nSPS) is 12.2. The second kappa shape index (κ2) is 9.06. The summed E-state index contributed by atoms with van der Waals surface area (Å²) in [6.07, 6.45) is 0.443. The van der Waals surface area contributed by atoms with E-state index >= 15 is 0 Å². The molecule has 7 nitrogen and oxygen atoms in total. The maximum atomic E-state index is 11.9. The van der Waals surface area contributed by atoms with Crippen molar-refractivity contribution in [2.75, 3.05) is 6.54 Å². The smallest absolute Gasteiger partial charge is 0.414 e. The molecule has 0 rings (SSSR count). The van der Waals surface area contributed by atoms with Crippen molar-refractivity contribution in [3.63, 3.8) is 0 Å². The number of hydrogen-bond acceptors (Lipinski definition) is 5. The fourth-order valence-electron chi connectivity index (χ4n) is 1.71. The van der Waals surface area contributed by atoms with E-state index in [2.05, 4.69) is 36.4 Å². The fourth-order valence-corrected chi connectivity index (χ4v) is 1.71. The maximum Gasteiger partial charge on any atom is 0.414 e. The Morgan fingerprint density at radius 1 is 0.800 bits per heavy atom. The Balaban J connectivity index is 4.86. The number of carbonyl (C=O) groups is 2. The number of amides is 2. The van der Waals surface area contributed by atoms with Crippen LogP contribution >= 0.6 is 0 Å². The van der Waals surface area contributed by atoms with Gasteiger partial charge < -0.3 is 9.47 Å². The first kappa shape index (κ1) is 23.2. The SMILES string of the molecule is CC(C)(C)CCCN=C(NC(=O)OC(C)(C)C)NC(=O)OC(C)(C)C. The van der Waals surface area contributed by atoms with Gasteiger partial charge in [0, 0.05) is 6.54 Å². The van der Waals surface area contributed by atoms with Crippen LogP contribution in [0.3, 0.4) is 0 Å². The van der Waals surface area contributed by atoms with Crippen molar-refractivity contribution in [1.29, 1.82) is 0 Å².